The van der Waals surface area contributed by atoms with Crippen LogP contribution in [0.25, 0.3) is 6.08 Å². The minimum absolute atomic E-state index is 0.111. The third-order valence-corrected chi connectivity index (χ3v) is 4.14. The van der Waals surface area contributed by atoms with Gasteiger partial charge in [-0.15, -0.1) is 0 Å². The molecule has 0 atom stereocenters. The molecule has 0 N–H and O–H groups in total. The summed E-state index contributed by atoms with van der Waals surface area (Å²) in [6.45, 7) is 3.94. The molecular formula is C17H19ClFN3O. The molecule has 1 heterocycles. The van der Waals surface area contributed by atoms with Crippen molar-refractivity contribution in [2.75, 3.05) is 7.05 Å². The maximum atomic E-state index is 13.8. The molecule has 122 valence electrons. The van der Waals surface area contributed by atoms with Crippen molar-refractivity contribution in [1.82, 2.24) is 14.7 Å². The van der Waals surface area contributed by atoms with E-state index in [9.17, 15) is 9.18 Å². The second-order valence-corrected chi connectivity index (χ2v) is 5.84. The van der Waals surface area contributed by atoms with Gasteiger partial charge in [0.25, 0.3) is 0 Å². The van der Waals surface area contributed by atoms with Gasteiger partial charge in [0, 0.05) is 48.6 Å². The summed E-state index contributed by atoms with van der Waals surface area (Å²) >= 11 is 5.99. The Labute approximate surface area is 140 Å². The maximum Gasteiger partial charge on any atom is 0.246 e. The molecule has 2 rings (SSSR count). The molecule has 0 bridgehead atoms. The lowest BCUT2D eigenvalue weighted by Gasteiger charge is -2.16. The molecule has 0 radical (unpaired) electrons. The Bertz CT molecular complexity index is 747. The van der Waals surface area contributed by atoms with Gasteiger partial charge in [0.2, 0.25) is 5.91 Å². The molecule has 1 aromatic heterocycles. The number of carbonyl (C=O) groups excluding carboxylic acids is 1. The Morgan fingerprint density at radius 1 is 1.43 bits per heavy atom. The van der Waals surface area contributed by atoms with Crippen molar-refractivity contribution in [3.63, 3.8) is 0 Å². The minimum atomic E-state index is -0.417. The molecule has 0 fully saturated rings. The molecule has 1 aromatic carbocycles. The number of hydrogen-bond donors (Lipinski definition) is 0. The Hall–Kier alpha value is -2.14. The van der Waals surface area contributed by atoms with Gasteiger partial charge in [-0.25, -0.2) is 4.39 Å². The van der Waals surface area contributed by atoms with E-state index in [2.05, 4.69) is 5.10 Å². The lowest BCUT2D eigenvalue weighted by Crippen LogP contribution is -2.24. The number of hydrogen-bond acceptors (Lipinski definition) is 2. The fourth-order valence-electron chi connectivity index (χ4n) is 2.31. The highest BCUT2D eigenvalue weighted by atomic mass is 35.5. The zero-order valence-corrected chi connectivity index (χ0v) is 14.4. The molecule has 6 heteroatoms. The number of amides is 1. The van der Waals surface area contributed by atoms with Crippen LogP contribution in [0.5, 0.6) is 0 Å². The molecule has 0 aliphatic rings. The van der Waals surface area contributed by atoms with Crippen molar-refractivity contribution in [2.24, 2.45) is 7.05 Å². The van der Waals surface area contributed by atoms with Gasteiger partial charge in [0.05, 0.1) is 5.69 Å². The quantitative estimate of drug-likeness (QED) is 0.802. The average Bonchev–Trinajstić information content (AvgIpc) is 2.73. The third kappa shape index (κ3) is 3.79. The summed E-state index contributed by atoms with van der Waals surface area (Å²) in [5, 5.41) is 4.61. The summed E-state index contributed by atoms with van der Waals surface area (Å²) in [6.07, 6.45) is 3.20. The number of halogens is 2. The fourth-order valence-corrected chi connectivity index (χ4v) is 2.53. The largest absolute Gasteiger partial charge is 0.338 e. The van der Waals surface area contributed by atoms with Gasteiger partial charge in [-0.3, -0.25) is 9.48 Å². The van der Waals surface area contributed by atoms with Crippen molar-refractivity contribution >= 4 is 23.6 Å². The Morgan fingerprint density at radius 3 is 2.70 bits per heavy atom. The highest BCUT2D eigenvalue weighted by Gasteiger charge is 2.13. The fraction of sp³-hybridized carbons (Fsp3) is 0.294. The standard InChI is InChI=1S/C17H19ClFN3O/c1-11-13(12(2)22(4)20-11)8-9-17(23)21(3)10-14-15(18)6-5-7-16(14)19/h5-9H,10H2,1-4H3/b9-8+. The van der Waals surface area contributed by atoms with E-state index in [1.54, 1.807) is 23.9 Å². The Kier molecular flexibility index (Phi) is 5.21. The summed E-state index contributed by atoms with van der Waals surface area (Å²) in [5.74, 6) is -0.646. The minimum Gasteiger partial charge on any atom is -0.338 e. The molecule has 1 amide bonds. The number of aryl methyl sites for hydroxylation is 2. The van der Waals surface area contributed by atoms with Crippen LogP contribution in [0.3, 0.4) is 0 Å². The van der Waals surface area contributed by atoms with Crippen LogP contribution < -0.4 is 0 Å². The van der Waals surface area contributed by atoms with E-state index in [0.717, 1.165) is 17.0 Å². The van der Waals surface area contributed by atoms with Crippen LogP contribution in [0, 0.1) is 19.7 Å². The van der Waals surface area contributed by atoms with Crippen molar-refractivity contribution in [2.45, 2.75) is 20.4 Å². The second kappa shape index (κ2) is 6.96. The maximum absolute atomic E-state index is 13.8. The topological polar surface area (TPSA) is 38.1 Å². The Balaban J connectivity index is 2.13. The molecule has 23 heavy (non-hydrogen) atoms. The van der Waals surface area contributed by atoms with Crippen LogP contribution in [0.2, 0.25) is 5.02 Å². The monoisotopic (exact) mass is 335 g/mol. The zero-order valence-electron chi connectivity index (χ0n) is 13.6. The van der Waals surface area contributed by atoms with Crippen LogP contribution in [-0.4, -0.2) is 27.6 Å². The van der Waals surface area contributed by atoms with E-state index in [-0.39, 0.29) is 12.5 Å². The van der Waals surface area contributed by atoms with Crippen LogP contribution in [0.15, 0.2) is 24.3 Å². The summed E-state index contributed by atoms with van der Waals surface area (Å²) in [7, 11) is 3.46. The smallest absolute Gasteiger partial charge is 0.246 e. The lowest BCUT2D eigenvalue weighted by atomic mass is 10.1. The first-order valence-electron chi connectivity index (χ1n) is 7.17. The first-order valence-corrected chi connectivity index (χ1v) is 7.55. The number of carbonyl (C=O) groups is 1. The molecule has 0 spiro atoms. The van der Waals surface area contributed by atoms with Gasteiger partial charge in [0.1, 0.15) is 5.82 Å². The van der Waals surface area contributed by atoms with Crippen LogP contribution in [0.4, 0.5) is 4.39 Å². The highest BCUT2D eigenvalue weighted by Crippen LogP contribution is 2.20. The molecule has 0 unspecified atom stereocenters. The molecule has 0 aliphatic carbocycles. The van der Waals surface area contributed by atoms with Crippen molar-refractivity contribution in [3.05, 3.63) is 57.6 Å². The van der Waals surface area contributed by atoms with Crippen molar-refractivity contribution in [1.29, 1.82) is 0 Å². The normalized spacial score (nSPS) is 11.2. The van der Waals surface area contributed by atoms with Gasteiger partial charge in [-0.2, -0.15) is 5.10 Å². The molecule has 0 aliphatic heterocycles. The summed E-state index contributed by atoms with van der Waals surface area (Å²) < 4.78 is 15.5. The predicted octanol–water partition coefficient (Wildman–Crippen LogP) is 3.50. The van der Waals surface area contributed by atoms with Crippen LogP contribution in [-0.2, 0) is 18.4 Å². The van der Waals surface area contributed by atoms with Gasteiger partial charge in [-0.05, 0) is 32.1 Å². The van der Waals surface area contributed by atoms with Crippen LogP contribution in [0.1, 0.15) is 22.5 Å². The van der Waals surface area contributed by atoms with Crippen molar-refractivity contribution in [3.8, 4) is 0 Å². The van der Waals surface area contributed by atoms with Crippen LogP contribution >= 0.6 is 11.6 Å². The average molecular weight is 336 g/mol. The highest BCUT2D eigenvalue weighted by molar-refractivity contribution is 6.31. The summed E-state index contributed by atoms with van der Waals surface area (Å²) in [4.78, 5) is 13.6. The number of nitrogens with zero attached hydrogens (tertiary/aromatic N) is 3. The first kappa shape index (κ1) is 17.2. The Morgan fingerprint density at radius 2 is 2.13 bits per heavy atom. The lowest BCUT2D eigenvalue weighted by molar-refractivity contribution is -0.125. The van der Waals surface area contributed by atoms with Gasteiger partial charge in [0.15, 0.2) is 0 Å². The molecule has 2 aromatic rings. The predicted molar refractivity (Wildman–Crippen MR) is 89.6 cm³/mol. The van der Waals surface area contributed by atoms with Gasteiger partial charge >= 0.3 is 0 Å². The number of rotatable bonds is 4. The van der Waals surface area contributed by atoms with E-state index in [4.69, 9.17) is 11.6 Å². The second-order valence-electron chi connectivity index (χ2n) is 5.44. The van der Waals surface area contributed by atoms with E-state index in [0.29, 0.717) is 10.6 Å². The summed E-state index contributed by atoms with van der Waals surface area (Å²) in [6, 6.07) is 4.48. The number of benzene rings is 1. The third-order valence-electron chi connectivity index (χ3n) is 3.79. The van der Waals surface area contributed by atoms with E-state index in [1.165, 1.54) is 23.1 Å². The van der Waals surface area contributed by atoms with E-state index < -0.39 is 5.82 Å². The molecule has 0 saturated heterocycles. The molecule has 0 saturated carbocycles. The molecule has 4 nitrogen and oxygen atoms in total. The number of aromatic nitrogens is 2. The summed E-state index contributed by atoms with van der Waals surface area (Å²) in [5.41, 5.74) is 3.06. The van der Waals surface area contributed by atoms with Gasteiger partial charge < -0.3 is 4.90 Å². The van der Waals surface area contributed by atoms with E-state index >= 15 is 0 Å². The number of likely N-dealkylation sites (N-methyl/N-ethyl adjacent to an activating group) is 1. The van der Waals surface area contributed by atoms with E-state index in [1.807, 2.05) is 20.9 Å². The molecular weight excluding hydrogens is 317 g/mol. The van der Waals surface area contributed by atoms with Gasteiger partial charge in [-0.1, -0.05) is 17.7 Å². The first-order chi connectivity index (χ1) is 10.8. The van der Waals surface area contributed by atoms with Crippen molar-refractivity contribution < 1.29 is 9.18 Å². The SMILES string of the molecule is Cc1nn(C)c(C)c1/C=C/C(=O)N(C)Cc1c(F)cccc1Cl. The zero-order chi connectivity index (χ0) is 17.1.